The molecule has 0 radical (unpaired) electrons. The van der Waals surface area contributed by atoms with Gasteiger partial charge in [-0.05, 0) is 25.0 Å². The van der Waals surface area contributed by atoms with Crippen LogP contribution in [0, 0.1) is 6.92 Å². The van der Waals surface area contributed by atoms with Crippen molar-refractivity contribution in [3.8, 4) is 11.5 Å². The average molecular weight is 317 g/mol. The molecular formula is C16H19N3O4. The molecule has 1 amide bonds. The minimum atomic E-state index is -0.586. The second kappa shape index (κ2) is 6.28. The first kappa shape index (κ1) is 15.3. The summed E-state index contributed by atoms with van der Waals surface area (Å²) in [5.74, 6) is 0.996. The van der Waals surface area contributed by atoms with Crippen molar-refractivity contribution < 1.29 is 19.2 Å². The Kier molecular flexibility index (Phi) is 4.18. The number of benzene rings is 1. The SMILES string of the molecule is Cc1nc(C2(NC(=O)COc3ccccc3O)CCCC2)no1. The van der Waals surface area contributed by atoms with Gasteiger partial charge in [-0.15, -0.1) is 0 Å². The number of rotatable bonds is 5. The summed E-state index contributed by atoms with van der Waals surface area (Å²) in [6, 6.07) is 6.53. The van der Waals surface area contributed by atoms with Crippen molar-refractivity contribution in [2.75, 3.05) is 6.61 Å². The number of aromatic nitrogens is 2. The van der Waals surface area contributed by atoms with Crippen LogP contribution in [-0.2, 0) is 10.3 Å². The van der Waals surface area contributed by atoms with Crippen LogP contribution in [0.1, 0.15) is 37.4 Å². The van der Waals surface area contributed by atoms with Gasteiger partial charge in [-0.2, -0.15) is 4.98 Å². The highest BCUT2D eigenvalue weighted by atomic mass is 16.5. The van der Waals surface area contributed by atoms with Crippen LogP contribution in [0.15, 0.2) is 28.8 Å². The molecular weight excluding hydrogens is 298 g/mol. The van der Waals surface area contributed by atoms with Crippen molar-refractivity contribution in [1.29, 1.82) is 0 Å². The van der Waals surface area contributed by atoms with Crippen LogP contribution in [-0.4, -0.2) is 27.8 Å². The maximum Gasteiger partial charge on any atom is 0.258 e. The number of carbonyl (C=O) groups excluding carboxylic acids is 1. The van der Waals surface area contributed by atoms with E-state index >= 15 is 0 Å². The highest BCUT2D eigenvalue weighted by Gasteiger charge is 2.41. The third kappa shape index (κ3) is 3.28. The van der Waals surface area contributed by atoms with Crippen molar-refractivity contribution in [3.05, 3.63) is 36.0 Å². The molecule has 1 fully saturated rings. The van der Waals surface area contributed by atoms with E-state index in [-0.39, 0.29) is 24.0 Å². The van der Waals surface area contributed by atoms with Crippen LogP contribution in [0.5, 0.6) is 11.5 Å². The maximum atomic E-state index is 12.3. The lowest BCUT2D eigenvalue weighted by Crippen LogP contribution is -2.46. The van der Waals surface area contributed by atoms with Crippen molar-refractivity contribution in [3.63, 3.8) is 0 Å². The average Bonchev–Trinajstić information content (AvgIpc) is 3.16. The van der Waals surface area contributed by atoms with E-state index in [2.05, 4.69) is 15.5 Å². The Hall–Kier alpha value is -2.57. The molecule has 1 aliphatic rings. The molecule has 23 heavy (non-hydrogen) atoms. The van der Waals surface area contributed by atoms with Gasteiger partial charge in [0.15, 0.2) is 23.9 Å². The van der Waals surface area contributed by atoms with Gasteiger partial charge in [-0.3, -0.25) is 4.79 Å². The van der Waals surface area contributed by atoms with Gasteiger partial charge in [0.1, 0.15) is 5.54 Å². The van der Waals surface area contributed by atoms with E-state index in [0.29, 0.717) is 11.7 Å². The van der Waals surface area contributed by atoms with E-state index < -0.39 is 5.54 Å². The van der Waals surface area contributed by atoms with E-state index in [1.54, 1.807) is 25.1 Å². The molecule has 7 nitrogen and oxygen atoms in total. The number of aryl methyl sites for hydroxylation is 1. The molecule has 2 N–H and O–H groups in total. The molecule has 1 aromatic carbocycles. The summed E-state index contributed by atoms with van der Waals surface area (Å²) in [6.45, 7) is 1.54. The van der Waals surface area contributed by atoms with Gasteiger partial charge in [-0.1, -0.05) is 30.1 Å². The molecule has 1 saturated carbocycles. The molecule has 0 saturated heterocycles. The third-order valence-electron chi connectivity index (χ3n) is 4.02. The minimum absolute atomic E-state index is 0.00433. The van der Waals surface area contributed by atoms with Crippen molar-refractivity contribution >= 4 is 5.91 Å². The van der Waals surface area contributed by atoms with Gasteiger partial charge in [-0.25, -0.2) is 0 Å². The fourth-order valence-electron chi connectivity index (χ4n) is 2.90. The topological polar surface area (TPSA) is 97.5 Å². The Labute approximate surface area is 133 Å². The predicted molar refractivity (Wildman–Crippen MR) is 80.9 cm³/mol. The van der Waals surface area contributed by atoms with Gasteiger partial charge in [0.2, 0.25) is 5.89 Å². The molecule has 1 aliphatic carbocycles. The number of phenols is 1. The fraction of sp³-hybridized carbons (Fsp3) is 0.438. The Morgan fingerprint density at radius 1 is 1.39 bits per heavy atom. The smallest absolute Gasteiger partial charge is 0.258 e. The summed E-state index contributed by atoms with van der Waals surface area (Å²) >= 11 is 0. The number of nitrogens with one attached hydrogen (secondary N) is 1. The first-order valence-electron chi connectivity index (χ1n) is 7.62. The highest BCUT2D eigenvalue weighted by Crippen LogP contribution is 2.37. The molecule has 1 heterocycles. The van der Waals surface area contributed by atoms with Crippen molar-refractivity contribution in [2.45, 2.75) is 38.1 Å². The van der Waals surface area contributed by atoms with Gasteiger partial charge >= 0.3 is 0 Å². The molecule has 0 spiro atoms. The second-order valence-corrected chi connectivity index (χ2v) is 5.73. The van der Waals surface area contributed by atoms with Gasteiger partial charge in [0.05, 0.1) is 0 Å². The molecule has 0 atom stereocenters. The van der Waals surface area contributed by atoms with E-state index in [1.165, 1.54) is 6.07 Å². The number of phenolic OH excluding ortho intramolecular Hbond substituents is 1. The lowest BCUT2D eigenvalue weighted by Gasteiger charge is -2.26. The van der Waals surface area contributed by atoms with E-state index in [9.17, 15) is 9.90 Å². The Morgan fingerprint density at radius 2 is 2.13 bits per heavy atom. The normalized spacial score (nSPS) is 16.2. The molecule has 3 rings (SSSR count). The molecule has 0 bridgehead atoms. The zero-order chi connectivity index (χ0) is 16.3. The summed E-state index contributed by atoms with van der Waals surface area (Å²) < 4.78 is 10.4. The monoisotopic (exact) mass is 317 g/mol. The lowest BCUT2D eigenvalue weighted by molar-refractivity contribution is -0.125. The van der Waals surface area contributed by atoms with Crippen LogP contribution in [0.2, 0.25) is 0 Å². The summed E-state index contributed by atoms with van der Waals surface area (Å²) in [5, 5.41) is 16.6. The standard InChI is InChI=1S/C16H19N3O4/c1-11-17-15(19-23-11)16(8-4-5-9-16)18-14(21)10-22-13-7-3-2-6-12(13)20/h2-3,6-7,20H,4-5,8-10H2,1H3,(H,18,21). The number of hydrogen-bond acceptors (Lipinski definition) is 6. The van der Waals surface area contributed by atoms with Crippen LogP contribution in [0.4, 0.5) is 0 Å². The summed E-state index contributed by atoms with van der Waals surface area (Å²) in [4.78, 5) is 16.5. The zero-order valence-corrected chi connectivity index (χ0v) is 12.9. The van der Waals surface area contributed by atoms with Gasteiger partial charge < -0.3 is 19.7 Å². The number of nitrogens with zero attached hydrogens (tertiary/aromatic N) is 2. The lowest BCUT2D eigenvalue weighted by atomic mass is 9.96. The molecule has 7 heteroatoms. The van der Waals surface area contributed by atoms with E-state index in [4.69, 9.17) is 9.26 Å². The van der Waals surface area contributed by atoms with Gasteiger partial charge in [0.25, 0.3) is 5.91 Å². The molecule has 0 aliphatic heterocycles. The van der Waals surface area contributed by atoms with Crippen molar-refractivity contribution in [2.24, 2.45) is 0 Å². The first-order chi connectivity index (χ1) is 11.1. The molecule has 0 unspecified atom stereocenters. The van der Waals surface area contributed by atoms with Crippen LogP contribution in [0.25, 0.3) is 0 Å². The van der Waals surface area contributed by atoms with Crippen molar-refractivity contribution in [1.82, 2.24) is 15.5 Å². The Bertz CT molecular complexity index is 692. The molecule has 2 aromatic rings. The number of para-hydroxylation sites is 2. The highest BCUT2D eigenvalue weighted by molar-refractivity contribution is 5.78. The predicted octanol–water partition coefficient (Wildman–Crippen LogP) is 2.05. The minimum Gasteiger partial charge on any atom is -0.504 e. The van der Waals surface area contributed by atoms with E-state index in [1.807, 2.05) is 0 Å². The summed E-state index contributed by atoms with van der Waals surface area (Å²) in [6.07, 6.45) is 3.53. The summed E-state index contributed by atoms with van der Waals surface area (Å²) in [5.41, 5.74) is -0.586. The number of carbonyl (C=O) groups is 1. The van der Waals surface area contributed by atoms with Crippen LogP contribution >= 0.6 is 0 Å². The fourth-order valence-corrected chi connectivity index (χ4v) is 2.90. The number of hydrogen-bond donors (Lipinski definition) is 2. The quantitative estimate of drug-likeness (QED) is 0.876. The third-order valence-corrected chi connectivity index (χ3v) is 4.02. The van der Waals surface area contributed by atoms with Crippen LogP contribution in [0.3, 0.4) is 0 Å². The van der Waals surface area contributed by atoms with Crippen LogP contribution < -0.4 is 10.1 Å². The first-order valence-corrected chi connectivity index (χ1v) is 7.62. The molecule has 1 aromatic heterocycles. The van der Waals surface area contributed by atoms with E-state index in [0.717, 1.165) is 25.7 Å². The largest absolute Gasteiger partial charge is 0.504 e. The Morgan fingerprint density at radius 3 is 2.78 bits per heavy atom. The zero-order valence-electron chi connectivity index (χ0n) is 12.9. The van der Waals surface area contributed by atoms with Gasteiger partial charge in [0, 0.05) is 6.92 Å². The maximum absolute atomic E-state index is 12.3. The number of aromatic hydroxyl groups is 1. The molecule has 122 valence electrons. The summed E-state index contributed by atoms with van der Waals surface area (Å²) in [7, 11) is 0. The second-order valence-electron chi connectivity index (χ2n) is 5.73. The Balaban J connectivity index is 1.66. The number of ether oxygens (including phenoxy) is 1. The number of amides is 1.